The lowest BCUT2D eigenvalue weighted by molar-refractivity contribution is -0.145. The highest BCUT2D eigenvalue weighted by molar-refractivity contribution is 5.72. The number of carbonyl (C=O) groups is 1. The van der Waals surface area contributed by atoms with Crippen LogP contribution >= 0.6 is 0 Å². The fourth-order valence-corrected chi connectivity index (χ4v) is 1.56. The molecule has 94 valence electrons. The van der Waals surface area contributed by atoms with Crippen LogP contribution in [0.25, 0.3) is 0 Å². The van der Waals surface area contributed by atoms with E-state index in [0.717, 1.165) is 18.4 Å². The molecule has 17 heavy (non-hydrogen) atoms. The summed E-state index contributed by atoms with van der Waals surface area (Å²) < 4.78 is 5.42. The predicted octanol–water partition coefficient (Wildman–Crippen LogP) is 1.82. The first-order chi connectivity index (χ1) is 8.17. The SMILES string of the molecule is CCCC(Oc1ccc(CCN)cc1)C(=O)O. The van der Waals surface area contributed by atoms with Gasteiger partial charge >= 0.3 is 5.97 Å². The maximum Gasteiger partial charge on any atom is 0.344 e. The van der Waals surface area contributed by atoms with Crippen molar-refractivity contribution in [1.82, 2.24) is 0 Å². The van der Waals surface area contributed by atoms with E-state index in [1.54, 1.807) is 12.1 Å². The minimum Gasteiger partial charge on any atom is -0.479 e. The normalized spacial score (nSPS) is 12.1. The molecule has 0 bridgehead atoms. The van der Waals surface area contributed by atoms with Crippen molar-refractivity contribution in [2.45, 2.75) is 32.3 Å². The smallest absolute Gasteiger partial charge is 0.344 e. The van der Waals surface area contributed by atoms with E-state index in [1.165, 1.54) is 0 Å². The number of hydrogen-bond donors (Lipinski definition) is 2. The summed E-state index contributed by atoms with van der Waals surface area (Å²) in [7, 11) is 0. The first kappa shape index (κ1) is 13.5. The molecule has 1 unspecified atom stereocenters. The molecule has 1 rings (SSSR count). The number of hydrogen-bond acceptors (Lipinski definition) is 3. The van der Waals surface area contributed by atoms with E-state index < -0.39 is 12.1 Å². The van der Waals surface area contributed by atoms with Crippen molar-refractivity contribution in [1.29, 1.82) is 0 Å². The lowest BCUT2D eigenvalue weighted by Crippen LogP contribution is -2.26. The van der Waals surface area contributed by atoms with Crippen LogP contribution in [0.5, 0.6) is 5.75 Å². The Hall–Kier alpha value is -1.55. The van der Waals surface area contributed by atoms with Crippen molar-refractivity contribution in [2.24, 2.45) is 5.73 Å². The van der Waals surface area contributed by atoms with Crippen LogP contribution in [0.2, 0.25) is 0 Å². The van der Waals surface area contributed by atoms with Gasteiger partial charge in [-0.25, -0.2) is 4.79 Å². The third-order valence-corrected chi connectivity index (χ3v) is 2.46. The number of carboxylic acid groups (broad SMARTS) is 1. The molecule has 0 amide bonds. The van der Waals surface area contributed by atoms with Gasteiger partial charge in [-0.1, -0.05) is 25.5 Å². The zero-order valence-corrected chi connectivity index (χ0v) is 10.1. The van der Waals surface area contributed by atoms with Crippen LogP contribution in [0.4, 0.5) is 0 Å². The van der Waals surface area contributed by atoms with Crippen LogP contribution in [0, 0.1) is 0 Å². The largest absolute Gasteiger partial charge is 0.479 e. The van der Waals surface area contributed by atoms with Crippen LogP contribution in [0.3, 0.4) is 0 Å². The third-order valence-electron chi connectivity index (χ3n) is 2.46. The molecule has 0 spiro atoms. The Morgan fingerprint density at radius 1 is 1.41 bits per heavy atom. The second-order valence-electron chi connectivity index (χ2n) is 3.92. The van der Waals surface area contributed by atoms with Gasteiger partial charge < -0.3 is 15.6 Å². The van der Waals surface area contributed by atoms with Gasteiger partial charge in [0.15, 0.2) is 6.10 Å². The number of ether oxygens (including phenoxy) is 1. The fraction of sp³-hybridized carbons (Fsp3) is 0.462. The molecule has 0 aliphatic carbocycles. The standard InChI is InChI=1S/C13H19NO3/c1-2-3-12(13(15)16)17-11-6-4-10(5-7-11)8-9-14/h4-7,12H,2-3,8-9,14H2,1H3,(H,15,16). The molecular formula is C13H19NO3. The summed E-state index contributed by atoms with van der Waals surface area (Å²) in [6.07, 6.45) is 1.35. The van der Waals surface area contributed by atoms with E-state index >= 15 is 0 Å². The van der Waals surface area contributed by atoms with Crippen molar-refractivity contribution in [3.05, 3.63) is 29.8 Å². The average molecular weight is 237 g/mol. The fourth-order valence-electron chi connectivity index (χ4n) is 1.56. The van der Waals surface area contributed by atoms with E-state index in [2.05, 4.69) is 0 Å². The maximum absolute atomic E-state index is 10.9. The van der Waals surface area contributed by atoms with Crippen LogP contribution in [-0.2, 0) is 11.2 Å². The van der Waals surface area contributed by atoms with Crippen molar-refractivity contribution < 1.29 is 14.6 Å². The summed E-state index contributed by atoms with van der Waals surface area (Å²) in [6.45, 7) is 2.54. The van der Waals surface area contributed by atoms with Gasteiger partial charge in [0, 0.05) is 0 Å². The minimum atomic E-state index is -0.919. The maximum atomic E-state index is 10.9. The number of carboxylic acids is 1. The second-order valence-corrected chi connectivity index (χ2v) is 3.92. The molecule has 4 nitrogen and oxygen atoms in total. The van der Waals surface area contributed by atoms with Crippen molar-refractivity contribution in [2.75, 3.05) is 6.54 Å². The molecule has 4 heteroatoms. The van der Waals surface area contributed by atoms with Crippen LogP contribution in [0.15, 0.2) is 24.3 Å². The van der Waals surface area contributed by atoms with E-state index in [1.807, 2.05) is 19.1 Å². The highest BCUT2D eigenvalue weighted by Crippen LogP contribution is 2.16. The molecule has 0 saturated carbocycles. The van der Waals surface area contributed by atoms with E-state index in [-0.39, 0.29) is 0 Å². The van der Waals surface area contributed by atoms with Gasteiger partial charge in [0.25, 0.3) is 0 Å². The Morgan fingerprint density at radius 3 is 2.53 bits per heavy atom. The summed E-state index contributed by atoms with van der Waals surface area (Å²) in [5, 5.41) is 8.96. The van der Waals surface area contributed by atoms with E-state index in [9.17, 15) is 4.79 Å². The van der Waals surface area contributed by atoms with Gasteiger partial charge in [0.2, 0.25) is 0 Å². The molecule has 1 aromatic carbocycles. The Labute approximate surface area is 101 Å². The molecule has 0 heterocycles. The third kappa shape index (κ3) is 4.44. The minimum absolute atomic E-state index is 0.514. The Bertz CT molecular complexity index is 348. The monoisotopic (exact) mass is 237 g/mol. The molecule has 0 saturated heterocycles. The first-order valence-corrected chi connectivity index (χ1v) is 5.85. The van der Waals surface area contributed by atoms with Crippen molar-refractivity contribution >= 4 is 5.97 Å². The summed E-state index contributed by atoms with van der Waals surface area (Å²) in [5.74, 6) is -0.329. The van der Waals surface area contributed by atoms with Gasteiger partial charge in [-0.15, -0.1) is 0 Å². The molecule has 0 aliphatic rings. The molecule has 0 aromatic heterocycles. The number of benzene rings is 1. The average Bonchev–Trinajstić information content (AvgIpc) is 2.31. The van der Waals surface area contributed by atoms with Gasteiger partial charge in [-0.2, -0.15) is 0 Å². The highest BCUT2D eigenvalue weighted by Gasteiger charge is 2.17. The molecule has 0 radical (unpaired) electrons. The topological polar surface area (TPSA) is 72.5 Å². The van der Waals surface area contributed by atoms with E-state index in [4.69, 9.17) is 15.6 Å². The zero-order chi connectivity index (χ0) is 12.7. The molecular weight excluding hydrogens is 218 g/mol. The summed E-state index contributed by atoms with van der Waals surface area (Å²) in [5.41, 5.74) is 6.58. The predicted molar refractivity (Wildman–Crippen MR) is 66.2 cm³/mol. The first-order valence-electron chi connectivity index (χ1n) is 5.85. The number of rotatable bonds is 7. The number of nitrogens with two attached hydrogens (primary N) is 1. The summed E-state index contributed by atoms with van der Waals surface area (Å²) in [6, 6.07) is 7.40. The van der Waals surface area contributed by atoms with Gasteiger partial charge in [-0.05, 0) is 37.1 Å². The summed E-state index contributed by atoms with van der Waals surface area (Å²) >= 11 is 0. The van der Waals surface area contributed by atoms with Gasteiger partial charge in [0.1, 0.15) is 5.75 Å². The molecule has 3 N–H and O–H groups in total. The lowest BCUT2D eigenvalue weighted by Gasteiger charge is -2.14. The summed E-state index contributed by atoms with van der Waals surface area (Å²) in [4.78, 5) is 10.9. The molecule has 0 aliphatic heterocycles. The van der Waals surface area contributed by atoms with Gasteiger partial charge in [0.05, 0.1) is 0 Å². The Balaban J connectivity index is 2.63. The van der Waals surface area contributed by atoms with Crippen LogP contribution in [0.1, 0.15) is 25.3 Å². The molecule has 1 atom stereocenters. The zero-order valence-electron chi connectivity index (χ0n) is 10.1. The Kier molecular flexibility index (Phi) is 5.49. The van der Waals surface area contributed by atoms with Crippen molar-refractivity contribution in [3.63, 3.8) is 0 Å². The lowest BCUT2D eigenvalue weighted by atomic mass is 10.1. The van der Waals surface area contributed by atoms with E-state index in [0.29, 0.717) is 18.7 Å². The number of aliphatic carboxylic acids is 1. The van der Waals surface area contributed by atoms with Crippen LogP contribution in [-0.4, -0.2) is 23.7 Å². The van der Waals surface area contributed by atoms with Crippen molar-refractivity contribution in [3.8, 4) is 5.75 Å². The molecule has 1 aromatic rings. The Morgan fingerprint density at radius 2 is 2.06 bits per heavy atom. The van der Waals surface area contributed by atoms with Crippen LogP contribution < -0.4 is 10.5 Å². The second kappa shape index (κ2) is 6.91. The highest BCUT2D eigenvalue weighted by atomic mass is 16.5. The molecule has 0 fully saturated rings. The van der Waals surface area contributed by atoms with Gasteiger partial charge in [-0.3, -0.25) is 0 Å². The quantitative estimate of drug-likeness (QED) is 0.758.